The molecule has 3 aromatic rings. The predicted molar refractivity (Wildman–Crippen MR) is 91.8 cm³/mol. The van der Waals surface area contributed by atoms with Crippen LogP contribution < -0.4 is 0 Å². The van der Waals surface area contributed by atoms with Crippen LogP contribution in [0.2, 0.25) is 0 Å². The number of hydrogen-bond acceptors (Lipinski definition) is 5. The molecule has 0 fully saturated rings. The summed E-state index contributed by atoms with van der Waals surface area (Å²) in [6.07, 6.45) is 1.31. The molecule has 0 unspecified atom stereocenters. The van der Waals surface area contributed by atoms with Gasteiger partial charge in [-0.15, -0.1) is 0 Å². The number of aromatic nitrogens is 1. The number of carbonyl (C=O) groups is 3. The number of rotatable bonds is 5. The van der Waals surface area contributed by atoms with Gasteiger partial charge < -0.3 is 13.9 Å². The number of nitrogens with zero attached hydrogens (tertiary/aromatic N) is 1. The van der Waals surface area contributed by atoms with Gasteiger partial charge in [-0.2, -0.15) is 0 Å². The lowest BCUT2D eigenvalue weighted by molar-refractivity contribution is -0.141. The third-order valence-electron chi connectivity index (χ3n) is 3.96. The average molecular weight is 339 g/mol. The first-order valence-corrected chi connectivity index (χ1v) is 7.86. The number of para-hydroxylation sites is 1. The molecule has 0 saturated carbocycles. The fourth-order valence-corrected chi connectivity index (χ4v) is 2.86. The summed E-state index contributed by atoms with van der Waals surface area (Å²) in [4.78, 5) is 36.0. The Morgan fingerprint density at radius 1 is 1.04 bits per heavy atom. The Kier molecular flexibility index (Phi) is 4.52. The van der Waals surface area contributed by atoms with E-state index in [0.29, 0.717) is 16.6 Å². The molecule has 2 aromatic heterocycles. The highest BCUT2D eigenvalue weighted by atomic mass is 16.5. The Balaban J connectivity index is 2.12. The number of fused-ring (bicyclic) bond motifs is 3. The zero-order valence-corrected chi connectivity index (χ0v) is 13.9. The second-order valence-corrected chi connectivity index (χ2v) is 5.46. The van der Waals surface area contributed by atoms with Gasteiger partial charge in [-0.05, 0) is 25.1 Å². The molecule has 0 aliphatic heterocycles. The Morgan fingerprint density at radius 2 is 1.80 bits per heavy atom. The summed E-state index contributed by atoms with van der Waals surface area (Å²) in [5, 5.41) is 0.740. The van der Waals surface area contributed by atoms with Gasteiger partial charge in [0.25, 0.3) is 0 Å². The van der Waals surface area contributed by atoms with Gasteiger partial charge in [0.05, 0.1) is 30.3 Å². The van der Waals surface area contributed by atoms with E-state index in [1.165, 1.54) is 7.11 Å². The van der Waals surface area contributed by atoms with Gasteiger partial charge in [0.15, 0.2) is 5.78 Å². The van der Waals surface area contributed by atoms with E-state index in [0.717, 1.165) is 10.9 Å². The lowest BCUT2D eigenvalue weighted by Gasteiger charge is -2.04. The number of methoxy groups -OCH3 is 1. The number of esters is 2. The summed E-state index contributed by atoms with van der Waals surface area (Å²) in [7, 11) is 1.33. The van der Waals surface area contributed by atoms with Crippen LogP contribution in [0.5, 0.6) is 0 Å². The second-order valence-electron chi connectivity index (χ2n) is 5.46. The van der Waals surface area contributed by atoms with E-state index < -0.39 is 11.9 Å². The van der Waals surface area contributed by atoms with Gasteiger partial charge >= 0.3 is 11.9 Å². The molecule has 2 heterocycles. The number of Topliss-reactive ketones (excluding diaryl/α,β-unsaturated/α-hetero) is 1. The van der Waals surface area contributed by atoms with Crippen molar-refractivity contribution < 1.29 is 23.9 Å². The quantitative estimate of drug-likeness (QED) is 0.406. The van der Waals surface area contributed by atoms with Gasteiger partial charge in [0, 0.05) is 17.1 Å². The van der Waals surface area contributed by atoms with Crippen LogP contribution in [0.3, 0.4) is 0 Å². The highest BCUT2D eigenvalue weighted by molar-refractivity contribution is 6.12. The molecule has 0 atom stereocenters. The second kappa shape index (κ2) is 6.76. The zero-order chi connectivity index (χ0) is 18.0. The smallest absolute Gasteiger partial charge is 0.340 e. The van der Waals surface area contributed by atoms with Gasteiger partial charge in [-0.1, -0.05) is 18.2 Å². The molecule has 0 aliphatic carbocycles. The first kappa shape index (κ1) is 16.7. The maximum Gasteiger partial charge on any atom is 0.340 e. The molecule has 0 saturated heterocycles. The fourth-order valence-electron chi connectivity index (χ4n) is 2.86. The summed E-state index contributed by atoms with van der Waals surface area (Å²) in [6, 6.07) is 10.7. The summed E-state index contributed by atoms with van der Waals surface area (Å²) in [5.41, 5.74) is 2.24. The predicted octanol–water partition coefficient (Wildman–Crippen LogP) is 3.02. The Labute approximate surface area is 143 Å². The molecule has 0 aliphatic rings. The van der Waals surface area contributed by atoms with Crippen molar-refractivity contribution >= 4 is 34.1 Å². The number of benzene rings is 1. The lowest BCUT2D eigenvalue weighted by Crippen LogP contribution is -2.12. The third kappa shape index (κ3) is 2.98. The van der Waals surface area contributed by atoms with E-state index in [-0.39, 0.29) is 18.8 Å². The molecule has 3 rings (SSSR count). The highest BCUT2D eigenvalue weighted by Crippen LogP contribution is 2.28. The molecule has 128 valence electrons. The summed E-state index contributed by atoms with van der Waals surface area (Å²) in [5.74, 6) is -1.33. The van der Waals surface area contributed by atoms with Gasteiger partial charge in [-0.25, -0.2) is 4.79 Å². The minimum atomic E-state index is -0.555. The van der Waals surface area contributed by atoms with Crippen LogP contribution in [-0.4, -0.2) is 35.8 Å². The standard InChI is InChI=1S/C19H17NO5/c1-3-25-17(22)10-16(21)12-8-9-15-18(19(23)24-2)13-6-4-5-7-14(13)20(15)11-12/h4-9,11H,3,10H2,1-2H3. The molecular weight excluding hydrogens is 322 g/mol. The first-order chi connectivity index (χ1) is 12.1. The number of ether oxygens (including phenoxy) is 2. The fraction of sp³-hybridized carbons (Fsp3) is 0.211. The number of hydrogen-bond donors (Lipinski definition) is 0. The largest absolute Gasteiger partial charge is 0.466 e. The van der Waals surface area contributed by atoms with E-state index in [1.54, 1.807) is 29.7 Å². The summed E-state index contributed by atoms with van der Waals surface area (Å²) >= 11 is 0. The van der Waals surface area contributed by atoms with Crippen molar-refractivity contribution in [3.8, 4) is 0 Å². The van der Waals surface area contributed by atoms with Crippen LogP contribution in [0.1, 0.15) is 34.1 Å². The van der Waals surface area contributed by atoms with Gasteiger partial charge in [0.1, 0.15) is 6.42 Å². The number of pyridine rings is 1. The van der Waals surface area contributed by atoms with E-state index >= 15 is 0 Å². The monoisotopic (exact) mass is 339 g/mol. The minimum absolute atomic E-state index is 0.232. The lowest BCUT2D eigenvalue weighted by atomic mass is 10.1. The molecule has 0 amide bonds. The molecule has 25 heavy (non-hydrogen) atoms. The maximum absolute atomic E-state index is 12.3. The van der Waals surface area contributed by atoms with Crippen LogP contribution in [0.25, 0.3) is 16.4 Å². The summed E-state index contributed by atoms with van der Waals surface area (Å²) in [6.45, 7) is 1.92. The zero-order valence-electron chi connectivity index (χ0n) is 13.9. The van der Waals surface area contributed by atoms with E-state index in [2.05, 4.69) is 0 Å². The average Bonchev–Trinajstić information content (AvgIpc) is 2.95. The van der Waals surface area contributed by atoms with Crippen molar-refractivity contribution in [2.24, 2.45) is 0 Å². The normalized spacial score (nSPS) is 10.8. The molecule has 6 heteroatoms. The van der Waals surface area contributed by atoms with Gasteiger partial charge in [-0.3, -0.25) is 9.59 Å². The van der Waals surface area contributed by atoms with E-state index in [4.69, 9.17) is 9.47 Å². The Morgan fingerprint density at radius 3 is 2.52 bits per heavy atom. The minimum Gasteiger partial charge on any atom is -0.466 e. The van der Waals surface area contributed by atoms with Crippen LogP contribution >= 0.6 is 0 Å². The van der Waals surface area contributed by atoms with E-state index in [9.17, 15) is 14.4 Å². The topological polar surface area (TPSA) is 74.1 Å². The maximum atomic E-state index is 12.3. The van der Waals surface area contributed by atoms with Crippen LogP contribution in [-0.2, 0) is 14.3 Å². The van der Waals surface area contributed by atoms with Crippen LogP contribution in [0.4, 0.5) is 0 Å². The van der Waals surface area contributed by atoms with Crippen LogP contribution in [0.15, 0.2) is 42.6 Å². The van der Waals surface area contributed by atoms with Crippen molar-refractivity contribution in [2.45, 2.75) is 13.3 Å². The third-order valence-corrected chi connectivity index (χ3v) is 3.96. The molecule has 0 N–H and O–H groups in total. The molecular formula is C19H17NO5. The van der Waals surface area contributed by atoms with Crippen molar-refractivity contribution in [1.82, 2.24) is 4.40 Å². The van der Waals surface area contributed by atoms with Crippen molar-refractivity contribution in [2.75, 3.05) is 13.7 Å². The highest BCUT2D eigenvalue weighted by Gasteiger charge is 2.20. The van der Waals surface area contributed by atoms with E-state index in [1.807, 2.05) is 24.3 Å². The number of ketones is 1. The van der Waals surface area contributed by atoms with Gasteiger partial charge in [0.2, 0.25) is 0 Å². The SMILES string of the molecule is CCOC(=O)CC(=O)c1ccc2c(C(=O)OC)c3ccccc3n2c1. The first-order valence-electron chi connectivity index (χ1n) is 7.86. The van der Waals surface area contributed by atoms with Crippen molar-refractivity contribution in [3.05, 3.63) is 53.7 Å². The Bertz CT molecular complexity index is 986. The molecule has 0 spiro atoms. The summed E-state index contributed by atoms with van der Waals surface area (Å²) < 4.78 is 11.5. The molecule has 0 bridgehead atoms. The Hall–Kier alpha value is -3.15. The molecule has 1 aromatic carbocycles. The van der Waals surface area contributed by atoms with Crippen molar-refractivity contribution in [1.29, 1.82) is 0 Å². The molecule has 6 nitrogen and oxygen atoms in total. The van der Waals surface area contributed by atoms with Crippen molar-refractivity contribution in [3.63, 3.8) is 0 Å². The van der Waals surface area contributed by atoms with Crippen LogP contribution in [0, 0.1) is 0 Å². The number of carbonyl (C=O) groups excluding carboxylic acids is 3. The molecule has 0 radical (unpaired) electrons.